The van der Waals surface area contributed by atoms with Crippen molar-refractivity contribution in [2.24, 2.45) is 0 Å². The highest BCUT2D eigenvalue weighted by molar-refractivity contribution is 5.34. The molecule has 3 nitrogen and oxygen atoms in total. The molecule has 0 spiro atoms. The monoisotopic (exact) mass is 199 g/mol. The highest BCUT2D eigenvalue weighted by Gasteiger charge is 1.94. The first kappa shape index (κ1) is 9.65. The van der Waals surface area contributed by atoms with Crippen LogP contribution in [0.25, 0.3) is 0 Å². The van der Waals surface area contributed by atoms with E-state index < -0.39 is 0 Å². The minimum Gasteiger partial charge on any atom is -0.365 e. The minimum absolute atomic E-state index is 0.776. The second-order valence-corrected chi connectivity index (χ2v) is 3.40. The molecule has 0 aliphatic carbocycles. The predicted octanol–water partition coefficient (Wildman–Crippen LogP) is 2.40. The number of aromatic nitrogens is 2. The van der Waals surface area contributed by atoms with Crippen LogP contribution >= 0.6 is 0 Å². The SMILES string of the molecule is Cc1ccc(NCc2ccccc2)nn1. The predicted molar refractivity (Wildman–Crippen MR) is 60.5 cm³/mol. The lowest BCUT2D eigenvalue weighted by molar-refractivity contribution is 0.963. The fraction of sp³-hybridized carbons (Fsp3) is 0.167. The molecule has 15 heavy (non-hydrogen) atoms. The second kappa shape index (κ2) is 4.55. The third-order valence-corrected chi connectivity index (χ3v) is 2.11. The summed E-state index contributed by atoms with van der Waals surface area (Å²) in [6, 6.07) is 14.1. The highest BCUT2D eigenvalue weighted by atomic mass is 15.2. The van der Waals surface area contributed by atoms with E-state index in [4.69, 9.17) is 0 Å². The topological polar surface area (TPSA) is 37.8 Å². The molecule has 3 heteroatoms. The van der Waals surface area contributed by atoms with Gasteiger partial charge in [0.2, 0.25) is 0 Å². The molecule has 0 aliphatic heterocycles. The molecule has 2 aromatic rings. The maximum Gasteiger partial charge on any atom is 0.148 e. The van der Waals surface area contributed by atoms with Crippen molar-refractivity contribution in [3.8, 4) is 0 Å². The van der Waals surface area contributed by atoms with Gasteiger partial charge in [0.25, 0.3) is 0 Å². The van der Waals surface area contributed by atoms with E-state index in [1.54, 1.807) is 0 Å². The molecule has 0 amide bonds. The van der Waals surface area contributed by atoms with Gasteiger partial charge in [0.05, 0.1) is 5.69 Å². The quantitative estimate of drug-likeness (QED) is 0.824. The summed E-state index contributed by atoms with van der Waals surface area (Å²) in [5.41, 5.74) is 2.17. The lowest BCUT2D eigenvalue weighted by Crippen LogP contribution is -2.02. The van der Waals surface area contributed by atoms with E-state index in [0.29, 0.717) is 0 Å². The van der Waals surface area contributed by atoms with E-state index in [2.05, 4.69) is 27.6 Å². The molecule has 0 fully saturated rings. The smallest absolute Gasteiger partial charge is 0.148 e. The van der Waals surface area contributed by atoms with Crippen molar-refractivity contribution in [3.05, 3.63) is 53.7 Å². The van der Waals surface area contributed by atoms with Gasteiger partial charge in [0.15, 0.2) is 0 Å². The summed E-state index contributed by atoms with van der Waals surface area (Å²) in [7, 11) is 0. The molecule has 0 atom stereocenters. The molecule has 1 N–H and O–H groups in total. The zero-order chi connectivity index (χ0) is 10.5. The number of aryl methyl sites for hydroxylation is 1. The summed E-state index contributed by atoms with van der Waals surface area (Å²) in [5.74, 6) is 0.810. The van der Waals surface area contributed by atoms with Crippen LogP contribution in [0.4, 0.5) is 5.82 Å². The van der Waals surface area contributed by atoms with E-state index in [1.165, 1.54) is 5.56 Å². The van der Waals surface area contributed by atoms with Crippen molar-refractivity contribution in [1.82, 2.24) is 10.2 Å². The lowest BCUT2D eigenvalue weighted by atomic mass is 10.2. The van der Waals surface area contributed by atoms with Crippen molar-refractivity contribution < 1.29 is 0 Å². The highest BCUT2D eigenvalue weighted by Crippen LogP contribution is 2.04. The largest absolute Gasteiger partial charge is 0.365 e. The van der Waals surface area contributed by atoms with Gasteiger partial charge in [-0.1, -0.05) is 30.3 Å². The van der Waals surface area contributed by atoms with Crippen molar-refractivity contribution in [2.75, 3.05) is 5.32 Å². The number of nitrogens with one attached hydrogen (secondary N) is 1. The van der Waals surface area contributed by atoms with Crippen LogP contribution in [-0.4, -0.2) is 10.2 Å². The van der Waals surface area contributed by atoms with Crippen LogP contribution in [0.3, 0.4) is 0 Å². The summed E-state index contributed by atoms with van der Waals surface area (Å²) in [6.45, 7) is 2.70. The summed E-state index contributed by atoms with van der Waals surface area (Å²) in [6.07, 6.45) is 0. The van der Waals surface area contributed by atoms with Crippen LogP contribution in [0.2, 0.25) is 0 Å². The van der Waals surface area contributed by atoms with Gasteiger partial charge in [0.1, 0.15) is 5.82 Å². The zero-order valence-electron chi connectivity index (χ0n) is 8.64. The molecule has 0 aliphatic rings. The first-order valence-electron chi connectivity index (χ1n) is 4.93. The maximum absolute atomic E-state index is 4.03. The molecule has 2 rings (SSSR count). The fourth-order valence-electron chi connectivity index (χ4n) is 1.28. The Morgan fingerprint density at radius 3 is 2.47 bits per heavy atom. The Bertz CT molecular complexity index is 409. The number of nitrogens with zero attached hydrogens (tertiary/aromatic N) is 2. The molecule has 0 unspecified atom stereocenters. The van der Waals surface area contributed by atoms with E-state index in [-0.39, 0.29) is 0 Å². The molecule has 0 saturated heterocycles. The molecule has 0 bridgehead atoms. The molecule has 0 saturated carbocycles. The summed E-state index contributed by atoms with van der Waals surface area (Å²) in [5, 5.41) is 11.2. The first-order valence-corrected chi connectivity index (χ1v) is 4.93. The Hall–Kier alpha value is -1.90. The van der Waals surface area contributed by atoms with Gasteiger partial charge in [-0.3, -0.25) is 0 Å². The van der Waals surface area contributed by atoms with Gasteiger partial charge < -0.3 is 5.32 Å². The van der Waals surface area contributed by atoms with E-state index in [0.717, 1.165) is 18.1 Å². The fourth-order valence-corrected chi connectivity index (χ4v) is 1.28. The van der Waals surface area contributed by atoms with E-state index in [1.807, 2.05) is 37.3 Å². The lowest BCUT2D eigenvalue weighted by Gasteiger charge is -2.04. The molecule has 0 radical (unpaired) electrons. The van der Waals surface area contributed by atoms with Crippen molar-refractivity contribution >= 4 is 5.82 Å². The Kier molecular flexibility index (Phi) is 2.93. The molecule has 1 aromatic heterocycles. The van der Waals surface area contributed by atoms with Crippen LogP contribution in [0.5, 0.6) is 0 Å². The molecule has 1 aromatic carbocycles. The van der Waals surface area contributed by atoms with Crippen LogP contribution in [0.1, 0.15) is 11.3 Å². The standard InChI is InChI=1S/C12H13N3/c1-10-7-8-12(15-14-10)13-9-11-5-3-2-4-6-11/h2-8H,9H2,1H3,(H,13,15). The van der Waals surface area contributed by atoms with Crippen LogP contribution in [0, 0.1) is 6.92 Å². The number of benzene rings is 1. The average Bonchev–Trinajstić information content (AvgIpc) is 2.30. The van der Waals surface area contributed by atoms with Gasteiger partial charge in [-0.15, -0.1) is 5.10 Å². The maximum atomic E-state index is 4.03. The number of hydrogen-bond donors (Lipinski definition) is 1. The summed E-state index contributed by atoms with van der Waals surface area (Å²) < 4.78 is 0. The molecular formula is C12H13N3. The molecule has 1 heterocycles. The van der Waals surface area contributed by atoms with Gasteiger partial charge in [-0.25, -0.2) is 0 Å². The Balaban J connectivity index is 1.96. The van der Waals surface area contributed by atoms with Crippen LogP contribution in [0.15, 0.2) is 42.5 Å². The minimum atomic E-state index is 0.776. The van der Waals surface area contributed by atoms with Crippen LogP contribution in [-0.2, 0) is 6.54 Å². The summed E-state index contributed by atoms with van der Waals surface area (Å²) >= 11 is 0. The van der Waals surface area contributed by atoms with Gasteiger partial charge in [-0.05, 0) is 24.6 Å². The van der Waals surface area contributed by atoms with Crippen molar-refractivity contribution in [1.29, 1.82) is 0 Å². The zero-order valence-corrected chi connectivity index (χ0v) is 8.64. The Morgan fingerprint density at radius 2 is 1.80 bits per heavy atom. The average molecular weight is 199 g/mol. The number of anilines is 1. The Morgan fingerprint density at radius 1 is 1.00 bits per heavy atom. The van der Waals surface area contributed by atoms with Crippen molar-refractivity contribution in [2.45, 2.75) is 13.5 Å². The number of hydrogen-bond acceptors (Lipinski definition) is 3. The summed E-state index contributed by atoms with van der Waals surface area (Å²) in [4.78, 5) is 0. The number of rotatable bonds is 3. The molecule has 76 valence electrons. The van der Waals surface area contributed by atoms with E-state index >= 15 is 0 Å². The molecular weight excluding hydrogens is 186 g/mol. The van der Waals surface area contributed by atoms with Gasteiger partial charge >= 0.3 is 0 Å². The second-order valence-electron chi connectivity index (χ2n) is 3.40. The van der Waals surface area contributed by atoms with Gasteiger partial charge in [0, 0.05) is 6.54 Å². The van der Waals surface area contributed by atoms with Crippen LogP contribution < -0.4 is 5.32 Å². The third kappa shape index (κ3) is 2.77. The van der Waals surface area contributed by atoms with Crippen molar-refractivity contribution in [3.63, 3.8) is 0 Å². The first-order chi connectivity index (χ1) is 7.34. The third-order valence-electron chi connectivity index (χ3n) is 2.11. The Labute approximate surface area is 89.2 Å². The normalized spacial score (nSPS) is 9.93. The van der Waals surface area contributed by atoms with Gasteiger partial charge in [-0.2, -0.15) is 5.10 Å². The van der Waals surface area contributed by atoms with E-state index in [9.17, 15) is 0 Å².